The van der Waals surface area contributed by atoms with Gasteiger partial charge in [-0.2, -0.15) is 0 Å². The highest BCUT2D eigenvalue weighted by atomic mass is 79.9. The van der Waals surface area contributed by atoms with E-state index >= 15 is 0 Å². The van der Waals surface area contributed by atoms with Crippen LogP contribution >= 0.6 is 15.9 Å². The Morgan fingerprint density at radius 1 is 1.42 bits per heavy atom. The maximum absolute atomic E-state index is 9.85. The monoisotopic (exact) mass is 228 g/mol. The van der Waals surface area contributed by atoms with Crippen LogP contribution in [0.5, 0.6) is 0 Å². The summed E-state index contributed by atoms with van der Waals surface area (Å²) in [5.41, 5.74) is 1.15. The molecule has 3 heteroatoms. The maximum Gasteiger partial charge on any atom is 0.293 e. The second-order valence-corrected chi connectivity index (χ2v) is 3.16. The fourth-order valence-corrected chi connectivity index (χ4v) is 1.40. The van der Waals surface area contributed by atoms with Crippen LogP contribution in [0.25, 0.3) is 0 Å². The summed E-state index contributed by atoms with van der Waals surface area (Å²) >= 11 is 3.40. The lowest BCUT2D eigenvalue weighted by Crippen LogP contribution is -1.96. The standard InChI is InChI=1S/C9H9BrO2/c10-9-4-2-1-3-8(9)5-6-12-7-11/h1-4,7H,5-6H2. The Hall–Kier alpha value is -0.830. The van der Waals surface area contributed by atoms with Gasteiger partial charge in [0, 0.05) is 10.9 Å². The van der Waals surface area contributed by atoms with Crippen molar-refractivity contribution in [1.82, 2.24) is 0 Å². The molecule has 0 aliphatic heterocycles. The highest BCUT2D eigenvalue weighted by Gasteiger charge is 1.96. The third-order valence-electron chi connectivity index (χ3n) is 1.52. The molecule has 0 atom stereocenters. The molecule has 0 unspecified atom stereocenters. The summed E-state index contributed by atoms with van der Waals surface area (Å²) in [6.07, 6.45) is 0.750. The zero-order valence-electron chi connectivity index (χ0n) is 6.50. The van der Waals surface area contributed by atoms with Gasteiger partial charge in [0.1, 0.15) is 0 Å². The smallest absolute Gasteiger partial charge is 0.293 e. The first kappa shape index (κ1) is 9.26. The number of halogens is 1. The van der Waals surface area contributed by atoms with E-state index in [0.717, 1.165) is 16.5 Å². The van der Waals surface area contributed by atoms with Crippen LogP contribution in [-0.4, -0.2) is 13.1 Å². The second kappa shape index (κ2) is 4.93. The summed E-state index contributed by atoms with van der Waals surface area (Å²) in [5, 5.41) is 0. The van der Waals surface area contributed by atoms with Gasteiger partial charge in [0.15, 0.2) is 0 Å². The first-order valence-electron chi connectivity index (χ1n) is 3.63. The Labute approximate surface area is 79.7 Å². The molecule has 64 valence electrons. The van der Waals surface area contributed by atoms with E-state index < -0.39 is 0 Å². The average molecular weight is 229 g/mol. The Morgan fingerprint density at radius 3 is 2.83 bits per heavy atom. The summed E-state index contributed by atoms with van der Waals surface area (Å²) in [5.74, 6) is 0. The first-order chi connectivity index (χ1) is 5.84. The minimum absolute atomic E-state index is 0.437. The Bertz CT molecular complexity index is 260. The number of hydrogen-bond acceptors (Lipinski definition) is 2. The van der Waals surface area contributed by atoms with Crippen LogP contribution in [0.1, 0.15) is 5.56 Å². The van der Waals surface area contributed by atoms with Gasteiger partial charge in [-0.25, -0.2) is 0 Å². The predicted octanol–water partition coefficient (Wildman–Crippen LogP) is 2.16. The molecule has 0 heterocycles. The van der Waals surface area contributed by atoms with Crippen molar-refractivity contribution >= 4 is 22.4 Å². The van der Waals surface area contributed by atoms with Gasteiger partial charge in [0.05, 0.1) is 6.61 Å². The number of ether oxygens (including phenoxy) is 1. The van der Waals surface area contributed by atoms with Gasteiger partial charge < -0.3 is 4.74 Å². The summed E-state index contributed by atoms with van der Waals surface area (Å²) in [7, 11) is 0. The highest BCUT2D eigenvalue weighted by molar-refractivity contribution is 9.10. The topological polar surface area (TPSA) is 26.3 Å². The van der Waals surface area contributed by atoms with Crippen molar-refractivity contribution in [2.24, 2.45) is 0 Å². The number of benzene rings is 1. The van der Waals surface area contributed by atoms with E-state index in [1.54, 1.807) is 0 Å². The number of carbonyl (C=O) groups excluding carboxylic acids is 1. The molecule has 12 heavy (non-hydrogen) atoms. The molecule has 1 rings (SSSR count). The van der Waals surface area contributed by atoms with Crippen molar-refractivity contribution in [3.8, 4) is 0 Å². The van der Waals surface area contributed by atoms with Gasteiger partial charge in [-0.15, -0.1) is 0 Å². The van der Waals surface area contributed by atoms with E-state index in [-0.39, 0.29) is 0 Å². The number of hydrogen-bond donors (Lipinski definition) is 0. The molecule has 0 bridgehead atoms. The minimum atomic E-state index is 0.437. The second-order valence-electron chi connectivity index (χ2n) is 2.31. The molecule has 0 aromatic heterocycles. The third kappa shape index (κ3) is 2.66. The highest BCUT2D eigenvalue weighted by Crippen LogP contribution is 2.15. The van der Waals surface area contributed by atoms with Crippen LogP contribution in [-0.2, 0) is 16.0 Å². The zero-order chi connectivity index (χ0) is 8.81. The molecular weight excluding hydrogens is 220 g/mol. The molecular formula is C9H9BrO2. The van der Waals surface area contributed by atoms with E-state index in [0.29, 0.717) is 13.1 Å². The van der Waals surface area contributed by atoms with E-state index in [2.05, 4.69) is 20.7 Å². The van der Waals surface area contributed by atoms with Crippen LogP contribution in [0.4, 0.5) is 0 Å². The maximum atomic E-state index is 9.85. The lowest BCUT2D eigenvalue weighted by molar-refractivity contribution is -0.128. The van der Waals surface area contributed by atoms with Crippen molar-refractivity contribution in [3.05, 3.63) is 34.3 Å². The molecule has 0 aliphatic carbocycles. The predicted molar refractivity (Wildman–Crippen MR) is 49.9 cm³/mol. The van der Waals surface area contributed by atoms with E-state index in [1.165, 1.54) is 0 Å². The normalized spacial score (nSPS) is 9.42. The van der Waals surface area contributed by atoms with Gasteiger partial charge >= 0.3 is 0 Å². The van der Waals surface area contributed by atoms with Crippen LogP contribution in [0.2, 0.25) is 0 Å². The Balaban J connectivity index is 2.51. The van der Waals surface area contributed by atoms with Crippen molar-refractivity contribution in [2.45, 2.75) is 6.42 Å². The fraction of sp³-hybridized carbons (Fsp3) is 0.222. The molecule has 1 aromatic carbocycles. The average Bonchev–Trinajstić information content (AvgIpc) is 2.09. The first-order valence-corrected chi connectivity index (χ1v) is 4.42. The van der Waals surface area contributed by atoms with Crippen LogP contribution in [0.3, 0.4) is 0 Å². The molecule has 0 saturated carbocycles. The van der Waals surface area contributed by atoms with Gasteiger partial charge in [-0.05, 0) is 11.6 Å². The van der Waals surface area contributed by atoms with Crippen LogP contribution in [0.15, 0.2) is 28.7 Å². The minimum Gasteiger partial charge on any atom is -0.468 e. The van der Waals surface area contributed by atoms with Gasteiger partial charge in [0.2, 0.25) is 0 Å². The van der Waals surface area contributed by atoms with Crippen molar-refractivity contribution in [1.29, 1.82) is 0 Å². The lowest BCUT2D eigenvalue weighted by Gasteiger charge is -2.01. The quantitative estimate of drug-likeness (QED) is 0.584. The molecule has 0 N–H and O–H groups in total. The van der Waals surface area contributed by atoms with Crippen molar-refractivity contribution in [3.63, 3.8) is 0 Å². The van der Waals surface area contributed by atoms with Gasteiger partial charge in [-0.3, -0.25) is 4.79 Å². The molecule has 0 radical (unpaired) electrons. The Kier molecular flexibility index (Phi) is 3.80. The van der Waals surface area contributed by atoms with E-state index in [4.69, 9.17) is 0 Å². The molecule has 0 fully saturated rings. The Morgan fingerprint density at radius 2 is 2.17 bits per heavy atom. The van der Waals surface area contributed by atoms with Crippen molar-refractivity contribution < 1.29 is 9.53 Å². The molecule has 2 nitrogen and oxygen atoms in total. The molecule has 0 aliphatic rings. The number of carbonyl (C=O) groups is 1. The van der Waals surface area contributed by atoms with Gasteiger partial charge in [-0.1, -0.05) is 34.1 Å². The lowest BCUT2D eigenvalue weighted by atomic mass is 10.2. The summed E-state index contributed by atoms with van der Waals surface area (Å²) < 4.78 is 5.65. The summed E-state index contributed by atoms with van der Waals surface area (Å²) in [4.78, 5) is 9.85. The number of rotatable bonds is 4. The summed E-state index contributed by atoms with van der Waals surface area (Å²) in [6.45, 7) is 0.906. The SMILES string of the molecule is O=COCCc1ccccc1Br. The third-order valence-corrected chi connectivity index (χ3v) is 2.29. The fourth-order valence-electron chi connectivity index (χ4n) is 0.918. The van der Waals surface area contributed by atoms with E-state index in [9.17, 15) is 4.79 Å². The summed E-state index contributed by atoms with van der Waals surface area (Å²) in [6, 6.07) is 7.88. The van der Waals surface area contributed by atoms with Crippen LogP contribution < -0.4 is 0 Å². The molecule has 1 aromatic rings. The van der Waals surface area contributed by atoms with Crippen molar-refractivity contribution in [2.75, 3.05) is 6.61 Å². The molecule has 0 spiro atoms. The van der Waals surface area contributed by atoms with Gasteiger partial charge in [0.25, 0.3) is 6.47 Å². The largest absolute Gasteiger partial charge is 0.468 e. The van der Waals surface area contributed by atoms with E-state index in [1.807, 2.05) is 24.3 Å². The molecule has 0 amide bonds. The molecule has 0 saturated heterocycles. The zero-order valence-corrected chi connectivity index (χ0v) is 8.08. The van der Waals surface area contributed by atoms with Crippen LogP contribution in [0, 0.1) is 0 Å².